The molecular weight excluding hydrogens is 258 g/mol. The van der Waals surface area contributed by atoms with Crippen molar-refractivity contribution >= 4 is 0 Å². The maximum absolute atomic E-state index is 10.4. The van der Waals surface area contributed by atoms with E-state index in [4.69, 9.17) is 0 Å². The third-order valence-corrected chi connectivity index (χ3v) is 5.41. The molecule has 116 valence electrons. The van der Waals surface area contributed by atoms with Crippen LogP contribution in [-0.2, 0) is 6.54 Å². The first-order chi connectivity index (χ1) is 10.2. The maximum Gasteiger partial charge on any atom is 0.0583 e. The number of aliphatic hydroxyl groups excluding tert-OH is 1. The summed E-state index contributed by atoms with van der Waals surface area (Å²) in [6.07, 6.45) is 8.59. The highest BCUT2D eigenvalue weighted by molar-refractivity contribution is 5.22. The van der Waals surface area contributed by atoms with Crippen LogP contribution >= 0.6 is 0 Å². The topological polar surface area (TPSA) is 23.5 Å². The van der Waals surface area contributed by atoms with Gasteiger partial charge >= 0.3 is 0 Å². The highest BCUT2D eigenvalue weighted by Gasteiger charge is 2.35. The highest BCUT2D eigenvalue weighted by atomic mass is 16.3. The van der Waals surface area contributed by atoms with Crippen LogP contribution in [0.1, 0.15) is 56.1 Å². The van der Waals surface area contributed by atoms with Crippen molar-refractivity contribution in [2.24, 2.45) is 5.92 Å². The molecular formula is C19H29NO. The molecule has 2 heteroatoms. The molecule has 0 radical (unpaired) electrons. The van der Waals surface area contributed by atoms with Crippen LogP contribution < -0.4 is 0 Å². The summed E-state index contributed by atoms with van der Waals surface area (Å²) >= 11 is 0. The zero-order chi connectivity index (χ0) is 14.7. The van der Waals surface area contributed by atoms with Gasteiger partial charge in [0.25, 0.3) is 0 Å². The lowest BCUT2D eigenvalue weighted by Crippen LogP contribution is -2.48. The molecule has 2 nitrogen and oxygen atoms in total. The minimum atomic E-state index is -0.0677. The third-order valence-electron chi connectivity index (χ3n) is 5.41. The van der Waals surface area contributed by atoms with E-state index in [1.165, 1.54) is 56.2 Å². The predicted molar refractivity (Wildman–Crippen MR) is 87.2 cm³/mol. The molecule has 1 heterocycles. The Morgan fingerprint density at radius 1 is 1.10 bits per heavy atom. The monoisotopic (exact) mass is 287 g/mol. The van der Waals surface area contributed by atoms with Gasteiger partial charge in [-0.3, -0.25) is 4.90 Å². The molecule has 1 N–H and O–H groups in total. The normalized spacial score (nSPS) is 31.2. The van der Waals surface area contributed by atoms with Gasteiger partial charge in [-0.25, -0.2) is 0 Å². The zero-order valence-electron chi connectivity index (χ0n) is 13.3. The van der Waals surface area contributed by atoms with Crippen LogP contribution in [0.5, 0.6) is 0 Å². The lowest BCUT2D eigenvalue weighted by Gasteiger charge is -2.43. The number of nitrogens with zero attached hydrogens (tertiary/aromatic N) is 1. The largest absolute Gasteiger partial charge is 0.393 e. The van der Waals surface area contributed by atoms with Gasteiger partial charge in [0.05, 0.1) is 6.10 Å². The molecule has 0 bridgehead atoms. The summed E-state index contributed by atoms with van der Waals surface area (Å²) in [5, 5.41) is 10.4. The van der Waals surface area contributed by atoms with Crippen LogP contribution in [0.2, 0.25) is 0 Å². The zero-order valence-corrected chi connectivity index (χ0v) is 13.3. The van der Waals surface area contributed by atoms with Gasteiger partial charge in [-0.2, -0.15) is 0 Å². The Morgan fingerprint density at radius 2 is 1.90 bits per heavy atom. The van der Waals surface area contributed by atoms with Crippen molar-refractivity contribution in [3.8, 4) is 0 Å². The first kappa shape index (κ1) is 15.1. The first-order valence-electron chi connectivity index (χ1n) is 8.72. The van der Waals surface area contributed by atoms with Gasteiger partial charge in [-0.15, -0.1) is 0 Å². The van der Waals surface area contributed by atoms with Gasteiger partial charge in [0, 0.05) is 18.5 Å². The summed E-state index contributed by atoms with van der Waals surface area (Å²) < 4.78 is 0. The highest BCUT2D eigenvalue weighted by Crippen LogP contribution is 2.34. The second kappa shape index (κ2) is 6.93. The van der Waals surface area contributed by atoms with Gasteiger partial charge in [-0.1, -0.05) is 49.1 Å². The minimum absolute atomic E-state index is 0.0677. The number of benzene rings is 1. The van der Waals surface area contributed by atoms with E-state index in [1.807, 2.05) is 0 Å². The van der Waals surface area contributed by atoms with E-state index in [9.17, 15) is 5.11 Å². The SMILES string of the molecule is Cc1cccc(CN2CCCCC2C2CCCCC2O)c1. The van der Waals surface area contributed by atoms with Gasteiger partial charge in [0.2, 0.25) is 0 Å². The number of hydrogen-bond acceptors (Lipinski definition) is 2. The van der Waals surface area contributed by atoms with Gasteiger partial charge in [0.1, 0.15) is 0 Å². The fourth-order valence-electron chi connectivity index (χ4n) is 4.33. The number of rotatable bonds is 3. The molecule has 1 aromatic carbocycles. The number of aliphatic hydroxyl groups is 1. The molecule has 3 atom stereocenters. The van der Waals surface area contributed by atoms with Crippen LogP contribution in [0.25, 0.3) is 0 Å². The van der Waals surface area contributed by atoms with Crippen molar-refractivity contribution in [1.29, 1.82) is 0 Å². The fraction of sp³-hybridized carbons (Fsp3) is 0.684. The van der Waals surface area contributed by atoms with Crippen LogP contribution in [-0.4, -0.2) is 28.7 Å². The fourth-order valence-corrected chi connectivity index (χ4v) is 4.33. The standard InChI is InChI=1S/C19H29NO/c1-15-7-6-8-16(13-15)14-20-12-5-4-10-18(20)17-9-2-3-11-19(17)21/h6-8,13,17-19,21H,2-5,9-12,14H2,1H3. The Hall–Kier alpha value is -0.860. The summed E-state index contributed by atoms with van der Waals surface area (Å²) in [6.45, 7) is 4.42. The van der Waals surface area contributed by atoms with Gasteiger partial charge in [-0.05, 0) is 44.7 Å². The van der Waals surface area contributed by atoms with E-state index in [0.29, 0.717) is 12.0 Å². The maximum atomic E-state index is 10.4. The van der Waals surface area contributed by atoms with E-state index < -0.39 is 0 Å². The molecule has 1 aliphatic carbocycles. The molecule has 3 rings (SSSR count). The Kier molecular flexibility index (Phi) is 4.97. The lowest BCUT2D eigenvalue weighted by atomic mass is 9.78. The molecule has 2 fully saturated rings. The van der Waals surface area contributed by atoms with Crippen molar-refractivity contribution in [1.82, 2.24) is 4.90 Å². The van der Waals surface area contributed by atoms with Crippen LogP contribution in [0.4, 0.5) is 0 Å². The summed E-state index contributed by atoms with van der Waals surface area (Å²) in [5.41, 5.74) is 2.77. The quantitative estimate of drug-likeness (QED) is 0.911. The Balaban J connectivity index is 1.71. The summed E-state index contributed by atoms with van der Waals surface area (Å²) in [7, 11) is 0. The molecule has 0 spiro atoms. The molecule has 0 amide bonds. The van der Waals surface area contributed by atoms with Crippen LogP contribution in [0.15, 0.2) is 24.3 Å². The van der Waals surface area contributed by atoms with Crippen LogP contribution in [0.3, 0.4) is 0 Å². The van der Waals surface area contributed by atoms with E-state index in [2.05, 4.69) is 36.1 Å². The number of aryl methyl sites for hydroxylation is 1. The van der Waals surface area contributed by atoms with Gasteiger partial charge in [0.15, 0.2) is 0 Å². The molecule has 1 saturated heterocycles. The summed E-state index contributed by atoms with van der Waals surface area (Å²) in [6, 6.07) is 9.48. The summed E-state index contributed by atoms with van der Waals surface area (Å²) in [4.78, 5) is 2.65. The van der Waals surface area contributed by atoms with E-state index >= 15 is 0 Å². The van der Waals surface area contributed by atoms with Crippen molar-refractivity contribution < 1.29 is 5.11 Å². The molecule has 2 aliphatic rings. The lowest BCUT2D eigenvalue weighted by molar-refractivity contribution is -0.00861. The van der Waals surface area contributed by atoms with Crippen molar-refractivity contribution in [3.63, 3.8) is 0 Å². The average molecular weight is 287 g/mol. The molecule has 1 aromatic rings. The number of hydrogen-bond donors (Lipinski definition) is 1. The smallest absolute Gasteiger partial charge is 0.0583 e. The second-order valence-corrected chi connectivity index (χ2v) is 7.04. The third kappa shape index (κ3) is 3.67. The van der Waals surface area contributed by atoms with Crippen molar-refractivity contribution in [2.75, 3.05) is 6.54 Å². The molecule has 3 unspecified atom stereocenters. The molecule has 0 aromatic heterocycles. The summed E-state index contributed by atoms with van der Waals surface area (Å²) in [5.74, 6) is 0.504. The van der Waals surface area contributed by atoms with E-state index in [0.717, 1.165) is 13.0 Å². The van der Waals surface area contributed by atoms with Crippen molar-refractivity contribution in [3.05, 3.63) is 35.4 Å². The average Bonchev–Trinajstić information content (AvgIpc) is 2.49. The van der Waals surface area contributed by atoms with Crippen molar-refractivity contribution in [2.45, 2.75) is 70.6 Å². The van der Waals surface area contributed by atoms with Gasteiger partial charge < -0.3 is 5.11 Å². The minimum Gasteiger partial charge on any atom is -0.393 e. The Labute approximate surface area is 129 Å². The molecule has 1 saturated carbocycles. The first-order valence-corrected chi connectivity index (χ1v) is 8.72. The van der Waals surface area contributed by atoms with E-state index in [1.54, 1.807) is 0 Å². The molecule has 21 heavy (non-hydrogen) atoms. The van der Waals surface area contributed by atoms with Crippen LogP contribution in [0, 0.1) is 12.8 Å². The Morgan fingerprint density at radius 3 is 2.71 bits per heavy atom. The predicted octanol–water partition coefficient (Wildman–Crippen LogP) is 3.90. The second-order valence-electron chi connectivity index (χ2n) is 7.04. The number of likely N-dealkylation sites (tertiary alicyclic amines) is 1. The van der Waals surface area contributed by atoms with E-state index in [-0.39, 0.29) is 6.10 Å². The number of piperidine rings is 1. The Bertz CT molecular complexity index is 459. The molecule has 1 aliphatic heterocycles.